The third kappa shape index (κ3) is 4.74. The van der Waals surface area contributed by atoms with Crippen molar-refractivity contribution < 1.29 is 24.2 Å². The molecule has 0 spiro atoms. The number of carboxylic acid groups (broad SMARTS) is 1. The number of carbonyl (C=O) groups excluding carboxylic acids is 2. The van der Waals surface area contributed by atoms with Crippen molar-refractivity contribution in [1.29, 1.82) is 0 Å². The fourth-order valence-electron chi connectivity index (χ4n) is 1.34. The van der Waals surface area contributed by atoms with E-state index < -0.39 is 17.8 Å². The predicted octanol–water partition coefficient (Wildman–Crippen LogP) is 1.06. The Balaban J connectivity index is 2.58. The van der Waals surface area contributed by atoms with E-state index in [1.54, 1.807) is 6.92 Å². The largest absolute Gasteiger partial charge is 0.478 e. The second-order valence-corrected chi connectivity index (χ2v) is 3.58. The van der Waals surface area contributed by atoms with Crippen LogP contribution >= 0.6 is 0 Å². The number of carbonyl (C=O) groups is 3. The van der Waals surface area contributed by atoms with Gasteiger partial charge in [-0.1, -0.05) is 0 Å². The molecule has 0 aliphatic rings. The van der Waals surface area contributed by atoms with Gasteiger partial charge in [-0.15, -0.1) is 0 Å². The predicted molar refractivity (Wildman–Crippen MR) is 65.7 cm³/mol. The lowest BCUT2D eigenvalue weighted by Crippen LogP contribution is -2.16. The smallest absolute Gasteiger partial charge is 0.337 e. The molecule has 7 heteroatoms. The first-order valence-electron chi connectivity index (χ1n) is 5.67. The summed E-state index contributed by atoms with van der Waals surface area (Å²) in [6.45, 7) is 1.93. The molecule has 0 aliphatic heterocycles. The molecule has 0 unspecified atom stereocenters. The molecule has 1 rings (SSSR count). The van der Waals surface area contributed by atoms with Crippen LogP contribution in [0.2, 0.25) is 0 Å². The van der Waals surface area contributed by atoms with Crippen LogP contribution in [-0.4, -0.2) is 34.5 Å². The Morgan fingerprint density at radius 3 is 2.74 bits per heavy atom. The Morgan fingerprint density at radius 1 is 1.37 bits per heavy atom. The fourth-order valence-corrected chi connectivity index (χ4v) is 1.34. The number of aromatic carboxylic acids is 1. The molecule has 0 aromatic carbocycles. The van der Waals surface area contributed by atoms with Crippen molar-refractivity contribution in [3.8, 4) is 0 Å². The fraction of sp³-hybridized carbons (Fsp3) is 0.333. The third-order valence-electron chi connectivity index (χ3n) is 2.19. The lowest BCUT2D eigenvalue weighted by atomic mass is 10.2. The topological polar surface area (TPSA) is 106 Å². The molecule has 1 heterocycles. The highest BCUT2D eigenvalue weighted by Crippen LogP contribution is 2.13. The van der Waals surface area contributed by atoms with Crippen LogP contribution in [0.5, 0.6) is 0 Å². The van der Waals surface area contributed by atoms with Gasteiger partial charge in [-0.2, -0.15) is 0 Å². The molecule has 7 nitrogen and oxygen atoms in total. The number of pyridine rings is 1. The Kier molecular flexibility index (Phi) is 5.46. The maximum absolute atomic E-state index is 11.6. The van der Waals surface area contributed by atoms with E-state index in [1.807, 2.05) is 0 Å². The molecule has 0 aliphatic carbocycles. The monoisotopic (exact) mass is 266 g/mol. The number of hydrogen-bond acceptors (Lipinski definition) is 5. The number of aromatic nitrogens is 1. The molecule has 0 fully saturated rings. The minimum atomic E-state index is -1.16. The summed E-state index contributed by atoms with van der Waals surface area (Å²) in [7, 11) is 0. The maximum Gasteiger partial charge on any atom is 0.337 e. The van der Waals surface area contributed by atoms with Crippen molar-refractivity contribution in [3.63, 3.8) is 0 Å². The number of amides is 1. The van der Waals surface area contributed by atoms with Crippen LogP contribution in [0.4, 0.5) is 5.69 Å². The van der Waals surface area contributed by atoms with Gasteiger partial charge in [-0.05, 0) is 13.0 Å². The van der Waals surface area contributed by atoms with E-state index in [0.29, 0.717) is 0 Å². The van der Waals surface area contributed by atoms with Crippen LogP contribution in [0.1, 0.15) is 30.1 Å². The van der Waals surface area contributed by atoms with Gasteiger partial charge in [0.2, 0.25) is 5.91 Å². The summed E-state index contributed by atoms with van der Waals surface area (Å²) in [5.74, 6) is -2.10. The lowest BCUT2D eigenvalue weighted by molar-refractivity contribution is -0.144. The third-order valence-corrected chi connectivity index (χ3v) is 2.19. The molecular formula is C12H14N2O5. The molecule has 0 saturated heterocycles. The highest BCUT2D eigenvalue weighted by Gasteiger charge is 2.13. The minimum absolute atomic E-state index is 0.0532. The van der Waals surface area contributed by atoms with Gasteiger partial charge < -0.3 is 15.2 Å². The second kappa shape index (κ2) is 7.10. The zero-order valence-corrected chi connectivity index (χ0v) is 10.4. The van der Waals surface area contributed by atoms with Crippen LogP contribution in [0.3, 0.4) is 0 Å². The molecule has 0 atom stereocenters. The Labute approximate surface area is 109 Å². The van der Waals surface area contributed by atoms with Crippen LogP contribution in [0, 0.1) is 0 Å². The quantitative estimate of drug-likeness (QED) is 0.746. The number of nitrogens with one attached hydrogen (secondary N) is 1. The molecule has 0 bridgehead atoms. The van der Waals surface area contributed by atoms with Crippen molar-refractivity contribution >= 4 is 23.5 Å². The minimum Gasteiger partial charge on any atom is -0.478 e. The van der Waals surface area contributed by atoms with E-state index >= 15 is 0 Å². The normalized spacial score (nSPS) is 9.74. The van der Waals surface area contributed by atoms with Crippen molar-refractivity contribution in [2.45, 2.75) is 19.8 Å². The number of anilines is 1. The molecule has 1 aromatic rings. The zero-order valence-electron chi connectivity index (χ0n) is 10.4. The van der Waals surface area contributed by atoms with Crippen molar-refractivity contribution in [2.75, 3.05) is 11.9 Å². The van der Waals surface area contributed by atoms with E-state index in [2.05, 4.69) is 15.0 Å². The van der Waals surface area contributed by atoms with Gasteiger partial charge in [-0.25, -0.2) is 4.79 Å². The SMILES string of the molecule is CCOC(=O)CCC(=O)Nc1cnccc1C(=O)O. The summed E-state index contributed by atoms with van der Waals surface area (Å²) in [4.78, 5) is 37.3. The van der Waals surface area contributed by atoms with Crippen LogP contribution in [0.15, 0.2) is 18.5 Å². The summed E-state index contributed by atoms with van der Waals surface area (Å²) >= 11 is 0. The molecule has 2 N–H and O–H groups in total. The molecule has 0 radical (unpaired) electrons. The lowest BCUT2D eigenvalue weighted by Gasteiger charge is -2.07. The van der Waals surface area contributed by atoms with E-state index in [-0.39, 0.29) is 30.7 Å². The number of esters is 1. The number of hydrogen-bond donors (Lipinski definition) is 2. The average Bonchev–Trinajstić information content (AvgIpc) is 2.37. The number of carboxylic acids is 1. The van der Waals surface area contributed by atoms with Gasteiger partial charge in [0.05, 0.1) is 30.5 Å². The zero-order chi connectivity index (χ0) is 14.3. The first-order valence-corrected chi connectivity index (χ1v) is 5.67. The average molecular weight is 266 g/mol. The van der Waals surface area contributed by atoms with Crippen molar-refractivity contribution in [3.05, 3.63) is 24.0 Å². The molecule has 102 valence electrons. The van der Waals surface area contributed by atoms with E-state index in [0.717, 1.165) is 0 Å². The van der Waals surface area contributed by atoms with Crippen molar-refractivity contribution in [2.24, 2.45) is 0 Å². The highest BCUT2D eigenvalue weighted by molar-refractivity contribution is 6.00. The summed E-state index contributed by atoms with van der Waals surface area (Å²) in [6.07, 6.45) is 2.43. The van der Waals surface area contributed by atoms with E-state index in [4.69, 9.17) is 5.11 Å². The summed E-state index contributed by atoms with van der Waals surface area (Å²) < 4.78 is 4.68. The van der Waals surface area contributed by atoms with Crippen LogP contribution in [-0.2, 0) is 14.3 Å². The number of ether oxygens (including phenoxy) is 1. The van der Waals surface area contributed by atoms with Gasteiger partial charge in [-0.3, -0.25) is 14.6 Å². The molecule has 1 amide bonds. The Hall–Kier alpha value is -2.44. The van der Waals surface area contributed by atoms with Gasteiger partial charge in [0.25, 0.3) is 0 Å². The van der Waals surface area contributed by atoms with E-state index in [1.165, 1.54) is 18.5 Å². The van der Waals surface area contributed by atoms with Gasteiger partial charge >= 0.3 is 11.9 Å². The van der Waals surface area contributed by atoms with Crippen LogP contribution in [0.25, 0.3) is 0 Å². The van der Waals surface area contributed by atoms with E-state index in [9.17, 15) is 14.4 Å². The molecule has 1 aromatic heterocycles. The Bertz CT molecular complexity index is 487. The second-order valence-electron chi connectivity index (χ2n) is 3.58. The summed E-state index contributed by atoms with van der Waals surface area (Å²) in [5.41, 5.74) is 0.0448. The van der Waals surface area contributed by atoms with Crippen LogP contribution < -0.4 is 5.32 Å². The molecular weight excluding hydrogens is 252 g/mol. The highest BCUT2D eigenvalue weighted by atomic mass is 16.5. The van der Waals surface area contributed by atoms with Gasteiger partial charge in [0.1, 0.15) is 0 Å². The first kappa shape index (κ1) is 14.6. The standard InChI is InChI=1S/C12H14N2O5/c1-2-19-11(16)4-3-10(15)14-9-7-13-6-5-8(9)12(17)18/h5-7H,2-4H2,1H3,(H,14,15)(H,17,18). The molecule has 19 heavy (non-hydrogen) atoms. The summed E-state index contributed by atoms with van der Waals surface area (Å²) in [5, 5.41) is 11.3. The van der Waals surface area contributed by atoms with Gasteiger partial charge in [0, 0.05) is 12.6 Å². The maximum atomic E-state index is 11.6. The van der Waals surface area contributed by atoms with Gasteiger partial charge in [0.15, 0.2) is 0 Å². The Morgan fingerprint density at radius 2 is 2.11 bits per heavy atom. The summed E-state index contributed by atoms with van der Waals surface area (Å²) in [6, 6.07) is 1.28. The first-order chi connectivity index (χ1) is 9.04. The molecule has 0 saturated carbocycles. The van der Waals surface area contributed by atoms with Crippen molar-refractivity contribution in [1.82, 2.24) is 4.98 Å². The number of rotatable bonds is 6. The number of nitrogens with zero attached hydrogens (tertiary/aromatic N) is 1.